The van der Waals surface area contributed by atoms with E-state index in [1.165, 1.54) is 29.3 Å². The molecule has 0 fully saturated rings. The zero-order valence-corrected chi connectivity index (χ0v) is 19.4. The molecule has 0 saturated carbocycles. The van der Waals surface area contributed by atoms with E-state index in [0.29, 0.717) is 5.82 Å². The third kappa shape index (κ3) is 4.75. The summed E-state index contributed by atoms with van der Waals surface area (Å²) < 4.78 is 46.2. The van der Waals surface area contributed by atoms with Crippen molar-refractivity contribution in [3.8, 4) is 22.6 Å². The van der Waals surface area contributed by atoms with Gasteiger partial charge in [0, 0.05) is 30.2 Å². The van der Waals surface area contributed by atoms with Crippen LogP contribution in [0.25, 0.3) is 16.8 Å². The predicted molar refractivity (Wildman–Crippen MR) is 129 cm³/mol. The number of carbonyl (C=O) groups excluding carboxylic acids is 2. The average Bonchev–Trinajstić information content (AvgIpc) is 3.40. The fourth-order valence-corrected chi connectivity index (χ4v) is 4.07. The van der Waals surface area contributed by atoms with E-state index in [9.17, 15) is 22.8 Å². The van der Waals surface area contributed by atoms with Crippen molar-refractivity contribution in [2.75, 3.05) is 16.8 Å². The first-order valence-corrected chi connectivity index (χ1v) is 11.2. The summed E-state index contributed by atoms with van der Waals surface area (Å²) >= 11 is 0. The average molecular weight is 507 g/mol. The van der Waals surface area contributed by atoms with Gasteiger partial charge in [-0.3, -0.25) is 19.1 Å². The predicted octanol–water partition coefficient (Wildman–Crippen LogP) is 4.71. The van der Waals surface area contributed by atoms with E-state index in [1.54, 1.807) is 19.2 Å². The zero-order chi connectivity index (χ0) is 26.2. The van der Waals surface area contributed by atoms with Crippen molar-refractivity contribution in [3.05, 3.63) is 85.1 Å². The summed E-state index contributed by atoms with van der Waals surface area (Å²) in [6.45, 7) is 1.18. The molecule has 11 heteroatoms. The highest BCUT2D eigenvalue weighted by molar-refractivity contribution is 6.06. The molecule has 0 spiro atoms. The monoisotopic (exact) mass is 507 g/mol. The van der Waals surface area contributed by atoms with Crippen molar-refractivity contribution in [1.29, 1.82) is 0 Å². The third-order valence-corrected chi connectivity index (χ3v) is 5.88. The van der Waals surface area contributed by atoms with E-state index in [1.807, 2.05) is 36.4 Å². The molecule has 37 heavy (non-hydrogen) atoms. The molecular weight excluding hydrogens is 487 g/mol. The second kappa shape index (κ2) is 9.41. The van der Waals surface area contributed by atoms with E-state index >= 15 is 0 Å². The van der Waals surface area contributed by atoms with E-state index in [0.717, 1.165) is 21.9 Å². The summed E-state index contributed by atoms with van der Waals surface area (Å²) in [5, 5.41) is 2.70. The molecule has 5 rings (SSSR count). The van der Waals surface area contributed by atoms with Crippen molar-refractivity contribution in [1.82, 2.24) is 14.5 Å². The van der Waals surface area contributed by atoms with Crippen molar-refractivity contribution >= 4 is 23.3 Å². The Morgan fingerprint density at radius 3 is 2.54 bits per heavy atom. The summed E-state index contributed by atoms with van der Waals surface area (Å²) in [5.74, 6) is -1.56. The number of benzene rings is 2. The minimum absolute atomic E-state index is 0.151. The molecule has 2 amide bonds. The normalized spacial score (nSPS) is 14.1. The van der Waals surface area contributed by atoms with Gasteiger partial charge >= 0.3 is 6.18 Å². The zero-order valence-electron chi connectivity index (χ0n) is 19.4. The van der Waals surface area contributed by atoms with Crippen molar-refractivity contribution in [2.24, 2.45) is 0 Å². The Hall–Kier alpha value is -4.67. The number of imidazole rings is 1. The Morgan fingerprint density at radius 1 is 1.05 bits per heavy atom. The first-order valence-electron chi connectivity index (χ1n) is 11.2. The summed E-state index contributed by atoms with van der Waals surface area (Å²) in [5.41, 5.74) is 2.28. The van der Waals surface area contributed by atoms with Crippen molar-refractivity contribution in [3.63, 3.8) is 0 Å². The number of amides is 2. The molecule has 1 atom stereocenters. The van der Waals surface area contributed by atoms with Gasteiger partial charge in [0.15, 0.2) is 6.61 Å². The van der Waals surface area contributed by atoms with Gasteiger partial charge in [-0.1, -0.05) is 30.3 Å². The van der Waals surface area contributed by atoms with Crippen molar-refractivity contribution < 1.29 is 27.5 Å². The maximum atomic E-state index is 13.3. The van der Waals surface area contributed by atoms with Gasteiger partial charge in [-0.2, -0.15) is 13.2 Å². The van der Waals surface area contributed by atoms with Crippen LogP contribution in [0.4, 0.5) is 24.7 Å². The van der Waals surface area contributed by atoms with Gasteiger partial charge in [-0.05, 0) is 36.8 Å². The highest BCUT2D eigenvalue weighted by Crippen LogP contribution is 2.37. The lowest BCUT2D eigenvalue weighted by Crippen LogP contribution is -2.49. The number of hydrogen-bond acceptors (Lipinski definition) is 5. The fraction of sp³-hybridized carbons (Fsp3) is 0.154. The Morgan fingerprint density at radius 2 is 1.84 bits per heavy atom. The molecule has 0 bridgehead atoms. The number of pyridine rings is 1. The minimum atomic E-state index is -4.65. The molecule has 0 aliphatic carbocycles. The molecule has 4 aromatic rings. The van der Waals surface area contributed by atoms with Gasteiger partial charge in [-0.25, -0.2) is 9.97 Å². The Kier molecular flexibility index (Phi) is 6.12. The first-order chi connectivity index (χ1) is 17.7. The standard InChI is InChI=1S/C26H20F3N5O3/c1-16(24(36)32-22-10-7-18(14-31-22)17-5-3-2-4-6-17)34-20-9-8-19(13-21(20)37-15-23(34)35)33-12-11-30-25(33)26(27,28)29/h2-14,16H,15H2,1H3,(H,31,32,36). The molecule has 0 radical (unpaired) electrons. The molecule has 0 saturated heterocycles. The van der Waals surface area contributed by atoms with Gasteiger partial charge in [0.1, 0.15) is 17.6 Å². The lowest BCUT2D eigenvalue weighted by molar-refractivity contribution is -0.145. The van der Waals surface area contributed by atoms with Gasteiger partial charge < -0.3 is 10.1 Å². The number of nitrogens with zero attached hydrogens (tertiary/aromatic N) is 4. The number of rotatable bonds is 5. The van der Waals surface area contributed by atoms with Crippen LogP contribution < -0.4 is 15.0 Å². The SMILES string of the molecule is CC(C(=O)Nc1ccc(-c2ccccc2)cn1)N1C(=O)COc2cc(-n3ccnc3C(F)(F)F)ccc21. The van der Waals surface area contributed by atoms with Gasteiger partial charge in [-0.15, -0.1) is 0 Å². The summed E-state index contributed by atoms with van der Waals surface area (Å²) in [7, 11) is 0. The van der Waals surface area contributed by atoms with E-state index in [4.69, 9.17) is 4.74 Å². The van der Waals surface area contributed by atoms with Gasteiger partial charge in [0.25, 0.3) is 5.91 Å². The molecule has 3 heterocycles. The molecule has 8 nitrogen and oxygen atoms in total. The van der Waals surface area contributed by atoms with Crippen LogP contribution in [0.2, 0.25) is 0 Å². The second-order valence-electron chi connectivity index (χ2n) is 8.29. The quantitative estimate of drug-likeness (QED) is 0.423. The number of aromatic nitrogens is 3. The number of nitrogens with one attached hydrogen (secondary N) is 1. The Balaban J connectivity index is 1.36. The first kappa shape index (κ1) is 24.0. The number of ether oxygens (including phenoxy) is 1. The number of fused-ring (bicyclic) bond motifs is 1. The molecule has 1 aliphatic rings. The lowest BCUT2D eigenvalue weighted by atomic mass is 10.1. The fourth-order valence-electron chi connectivity index (χ4n) is 4.07. The van der Waals surface area contributed by atoms with Gasteiger partial charge in [0.2, 0.25) is 11.7 Å². The Labute approximate surface area is 209 Å². The highest BCUT2D eigenvalue weighted by Gasteiger charge is 2.37. The van der Waals surface area contributed by atoms with Crippen LogP contribution in [0, 0.1) is 0 Å². The number of alkyl halides is 3. The molecule has 188 valence electrons. The molecule has 1 aliphatic heterocycles. The van der Waals surface area contributed by atoms with E-state index in [2.05, 4.69) is 15.3 Å². The summed E-state index contributed by atoms with van der Waals surface area (Å²) in [6, 6.07) is 16.4. The van der Waals surface area contributed by atoms with Crippen LogP contribution in [0.5, 0.6) is 5.75 Å². The van der Waals surface area contributed by atoms with Crippen LogP contribution in [-0.2, 0) is 15.8 Å². The number of carbonyl (C=O) groups is 2. The summed E-state index contributed by atoms with van der Waals surface area (Å²) in [4.78, 5) is 34.6. The largest absolute Gasteiger partial charge is 0.481 e. The molecule has 1 unspecified atom stereocenters. The molecular formula is C26H20F3N5O3. The van der Waals surface area contributed by atoms with Crippen LogP contribution >= 0.6 is 0 Å². The highest BCUT2D eigenvalue weighted by atomic mass is 19.4. The second-order valence-corrected chi connectivity index (χ2v) is 8.29. The van der Waals surface area contributed by atoms with E-state index < -0.39 is 29.9 Å². The van der Waals surface area contributed by atoms with E-state index in [-0.39, 0.29) is 23.7 Å². The number of anilines is 2. The maximum absolute atomic E-state index is 13.3. The molecule has 1 N–H and O–H groups in total. The van der Waals surface area contributed by atoms with Crippen LogP contribution in [0.1, 0.15) is 12.7 Å². The molecule has 2 aromatic carbocycles. The Bertz CT molecular complexity index is 1450. The smallest absolute Gasteiger partial charge is 0.450 e. The molecule has 2 aromatic heterocycles. The van der Waals surface area contributed by atoms with Crippen LogP contribution in [0.3, 0.4) is 0 Å². The third-order valence-electron chi connectivity index (χ3n) is 5.88. The number of halogens is 3. The maximum Gasteiger partial charge on any atom is 0.450 e. The number of hydrogen-bond donors (Lipinski definition) is 1. The van der Waals surface area contributed by atoms with Crippen LogP contribution in [-0.4, -0.2) is 39.0 Å². The van der Waals surface area contributed by atoms with Crippen LogP contribution in [0.15, 0.2) is 79.3 Å². The van der Waals surface area contributed by atoms with Crippen molar-refractivity contribution in [2.45, 2.75) is 19.1 Å². The lowest BCUT2D eigenvalue weighted by Gasteiger charge is -2.33. The van der Waals surface area contributed by atoms with Gasteiger partial charge in [0.05, 0.1) is 11.4 Å². The topological polar surface area (TPSA) is 89.4 Å². The minimum Gasteiger partial charge on any atom is -0.481 e. The summed E-state index contributed by atoms with van der Waals surface area (Å²) in [6.07, 6.45) is -0.784.